The van der Waals surface area contributed by atoms with Gasteiger partial charge >= 0.3 is 0 Å². The maximum Gasteiger partial charge on any atom is 0.238 e. The van der Waals surface area contributed by atoms with E-state index in [4.69, 9.17) is 4.74 Å². The fourth-order valence-electron chi connectivity index (χ4n) is 4.69. The minimum absolute atomic E-state index is 0.0620. The van der Waals surface area contributed by atoms with Crippen molar-refractivity contribution in [3.63, 3.8) is 0 Å². The van der Waals surface area contributed by atoms with Gasteiger partial charge in [-0.2, -0.15) is 0 Å². The SMILES string of the molecule is CC(C)(O)C(S[C@@H]1O[C@H](CO)[C@H](O)[C@H](n2cc(-c3cc(F)c(F)c(F)c3)nn2)[C@H]1O)C(=O)N1CCCCC1. The lowest BCUT2D eigenvalue weighted by Crippen LogP contribution is -2.57. The first-order chi connectivity index (χ1) is 17.9. The monoisotopic (exact) mass is 560 g/mol. The van der Waals surface area contributed by atoms with Crippen molar-refractivity contribution >= 4 is 17.7 Å². The van der Waals surface area contributed by atoms with Gasteiger partial charge in [0.05, 0.1) is 18.4 Å². The number of benzene rings is 1. The molecule has 14 heteroatoms. The number of hydrogen-bond donors (Lipinski definition) is 4. The van der Waals surface area contributed by atoms with E-state index in [-0.39, 0.29) is 17.2 Å². The Hall–Kier alpha value is -2.23. The van der Waals surface area contributed by atoms with Gasteiger partial charge < -0.3 is 30.1 Å². The van der Waals surface area contributed by atoms with Gasteiger partial charge in [-0.3, -0.25) is 4.79 Å². The number of hydrogen-bond acceptors (Lipinski definition) is 9. The van der Waals surface area contributed by atoms with Crippen LogP contribution in [0.2, 0.25) is 0 Å². The Morgan fingerprint density at radius 1 is 1.16 bits per heavy atom. The van der Waals surface area contributed by atoms with E-state index in [1.807, 2.05) is 0 Å². The predicted octanol–water partition coefficient (Wildman–Crippen LogP) is 1.23. The van der Waals surface area contributed by atoms with Crippen LogP contribution in [0.1, 0.15) is 39.2 Å². The summed E-state index contributed by atoms with van der Waals surface area (Å²) in [4.78, 5) is 15.0. The lowest BCUT2D eigenvalue weighted by atomic mass is 9.97. The van der Waals surface area contributed by atoms with Crippen molar-refractivity contribution in [2.75, 3.05) is 19.7 Å². The summed E-state index contributed by atoms with van der Waals surface area (Å²) >= 11 is 0.873. The summed E-state index contributed by atoms with van der Waals surface area (Å²) in [5.41, 5.74) is -2.87. The van der Waals surface area contributed by atoms with Crippen molar-refractivity contribution in [2.45, 2.75) is 73.8 Å². The molecule has 0 aliphatic carbocycles. The maximum atomic E-state index is 13.7. The lowest BCUT2D eigenvalue weighted by Gasteiger charge is -2.44. The normalized spacial score (nSPS) is 27.4. The number of aromatic nitrogens is 3. The Bertz CT molecular complexity index is 1120. The second-order valence-electron chi connectivity index (χ2n) is 10.1. The molecule has 4 rings (SSSR count). The Kier molecular flexibility index (Phi) is 8.69. The number of carbonyl (C=O) groups excluding carboxylic acids is 1. The molecule has 2 aromatic rings. The Morgan fingerprint density at radius 3 is 2.37 bits per heavy atom. The quantitative estimate of drug-likeness (QED) is 0.368. The van der Waals surface area contributed by atoms with Crippen LogP contribution in [0.15, 0.2) is 18.3 Å². The number of thioether (sulfide) groups is 1. The lowest BCUT2D eigenvalue weighted by molar-refractivity contribution is -0.179. The maximum absolute atomic E-state index is 13.7. The first kappa shape index (κ1) is 28.8. The Morgan fingerprint density at radius 2 is 1.79 bits per heavy atom. The van der Waals surface area contributed by atoms with Crippen LogP contribution in [0.3, 0.4) is 0 Å². The van der Waals surface area contributed by atoms with E-state index >= 15 is 0 Å². The number of likely N-dealkylation sites (tertiary alicyclic amines) is 1. The molecule has 10 nitrogen and oxygen atoms in total. The minimum atomic E-state index is -1.64. The van der Waals surface area contributed by atoms with Crippen molar-refractivity contribution in [2.24, 2.45) is 0 Å². The van der Waals surface area contributed by atoms with Gasteiger partial charge in [0.2, 0.25) is 5.91 Å². The van der Waals surface area contributed by atoms with E-state index in [0.29, 0.717) is 13.1 Å². The number of piperidine rings is 1. The highest BCUT2D eigenvalue weighted by Crippen LogP contribution is 2.40. The number of amides is 1. The molecule has 1 amide bonds. The minimum Gasteiger partial charge on any atom is -0.394 e. The van der Waals surface area contributed by atoms with Gasteiger partial charge in [0.25, 0.3) is 0 Å². The molecule has 6 atom stereocenters. The van der Waals surface area contributed by atoms with Gasteiger partial charge in [-0.05, 0) is 45.2 Å². The van der Waals surface area contributed by atoms with Gasteiger partial charge in [-0.25, -0.2) is 17.9 Å². The van der Waals surface area contributed by atoms with Gasteiger partial charge in [0, 0.05) is 18.7 Å². The van der Waals surface area contributed by atoms with E-state index in [1.54, 1.807) is 4.90 Å². The number of nitrogens with zero attached hydrogens (tertiary/aromatic N) is 4. The molecule has 1 aromatic carbocycles. The smallest absolute Gasteiger partial charge is 0.238 e. The average molecular weight is 561 g/mol. The number of halogens is 3. The molecule has 0 radical (unpaired) electrons. The molecule has 2 saturated heterocycles. The van der Waals surface area contributed by atoms with Crippen LogP contribution < -0.4 is 0 Å². The van der Waals surface area contributed by atoms with Crippen LogP contribution in [-0.4, -0.2) is 101 Å². The topological polar surface area (TPSA) is 141 Å². The molecular weight excluding hydrogens is 529 g/mol. The van der Waals surface area contributed by atoms with Crippen molar-refractivity contribution in [3.8, 4) is 11.3 Å². The second kappa shape index (κ2) is 11.5. The number of aliphatic hydroxyl groups is 4. The molecule has 2 aliphatic heterocycles. The largest absolute Gasteiger partial charge is 0.394 e. The van der Waals surface area contributed by atoms with E-state index in [9.17, 15) is 38.4 Å². The summed E-state index contributed by atoms with van der Waals surface area (Å²) in [5, 5.41) is 49.4. The van der Waals surface area contributed by atoms with Crippen molar-refractivity contribution in [1.82, 2.24) is 19.9 Å². The Balaban J connectivity index is 1.61. The summed E-state index contributed by atoms with van der Waals surface area (Å²) in [7, 11) is 0. The molecule has 2 fully saturated rings. The van der Waals surface area contributed by atoms with Crippen molar-refractivity contribution in [1.29, 1.82) is 0 Å². The number of rotatable bonds is 7. The molecule has 210 valence electrons. The van der Waals surface area contributed by atoms with Gasteiger partial charge in [0.15, 0.2) is 17.5 Å². The third-order valence-corrected chi connectivity index (χ3v) is 8.46. The highest BCUT2D eigenvalue weighted by atomic mass is 32.2. The van der Waals surface area contributed by atoms with Crippen molar-refractivity contribution < 1.29 is 43.1 Å². The van der Waals surface area contributed by atoms with Gasteiger partial charge in [-0.15, -0.1) is 16.9 Å². The summed E-state index contributed by atoms with van der Waals surface area (Å²) in [6.45, 7) is 3.41. The van der Waals surface area contributed by atoms with Gasteiger partial charge in [-0.1, -0.05) is 5.21 Å². The standard InChI is InChI=1S/C24H31F3N4O6S/c1-24(2,36)21(22(35)30-6-4-3-5-7-30)38-23-20(34)18(19(33)16(11-32)37-23)31-10-15(28-29-31)12-8-13(25)17(27)14(26)9-12/h8-10,16,18-21,23,32-34,36H,3-7,11H2,1-2H3/t16-,18+,19+,20-,21?,23+/m1/s1. The highest BCUT2D eigenvalue weighted by Gasteiger charge is 2.49. The van der Waals surface area contributed by atoms with Crippen LogP contribution in [-0.2, 0) is 9.53 Å². The molecule has 3 heterocycles. The predicted molar refractivity (Wildman–Crippen MR) is 130 cm³/mol. The zero-order chi connectivity index (χ0) is 27.8. The van der Waals surface area contributed by atoms with E-state index < -0.39 is 64.7 Å². The van der Waals surface area contributed by atoms with Crippen LogP contribution in [0, 0.1) is 17.5 Å². The van der Waals surface area contributed by atoms with Crippen molar-refractivity contribution in [3.05, 3.63) is 35.8 Å². The summed E-state index contributed by atoms with van der Waals surface area (Å²) in [6.07, 6.45) is -0.291. The number of aliphatic hydroxyl groups excluding tert-OH is 3. The van der Waals surface area contributed by atoms with Gasteiger partial charge in [0.1, 0.15) is 40.7 Å². The third kappa shape index (κ3) is 5.84. The molecule has 2 aliphatic rings. The summed E-state index contributed by atoms with van der Waals surface area (Å²) in [5.74, 6) is -4.80. The van der Waals surface area contributed by atoms with Crippen LogP contribution in [0.5, 0.6) is 0 Å². The fourth-order valence-corrected chi connectivity index (χ4v) is 6.09. The van der Waals surface area contributed by atoms with E-state index in [2.05, 4.69) is 10.3 Å². The van der Waals surface area contributed by atoms with E-state index in [0.717, 1.165) is 47.8 Å². The van der Waals surface area contributed by atoms with Crippen LogP contribution in [0.4, 0.5) is 13.2 Å². The first-order valence-electron chi connectivity index (χ1n) is 12.3. The molecular formula is C24H31F3N4O6S. The zero-order valence-electron chi connectivity index (χ0n) is 20.9. The van der Waals surface area contributed by atoms with Crippen LogP contribution in [0.25, 0.3) is 11.3 Å². The number of carbonyl (C=O) groups is 1. The summed E-state index contributed by atoms with van der Waals surface area (Å²) in [6, 6.07) is 0.222. The molecule has 1 aromatic heterocycles. The fraction of sp³-hybridized carbons (Fsp3) is 0.625. The molecule has 0 bridgehead atoms. The van der Waals surface area contributed by atoms with Crippen LogP contribution >= 0.6 is 11.8 Å². The third-order valence-electron chi connectivity index (χ3n) is 6.75. The summed E-state index contributed by atoms with van der Waals surface area (Å²) < 4.78 is 47.6. The molecule has 38 heavy (non-hydrogen) atoms. The molecule has 1 unspecified atom stereocenters. The highest BCUT2D eigenvalue weighted by molar-refractivity contribution is 8.01. The number of ether oxygens (including phenoxy) is 1. The first-order valence-corrected chi connectivity index (χ1v) is 13.2. The zero-order valence-corrected chi connectivity index (χ0v) is 21.7. The average Bonchev–Trinajstić information content (AvgIpc) is 3.36. The second-order valence-corrected chi connectivity index (χ2v) is 11.3. The molecule has 4 N–H and O–H groups in total. The molecule has 0 spiro atoms. The molecule has 0 saturated carbocycles. The Labute approximate surface area is 221 Å². The van der Waals surface area contributed by atoms with E-state index in [1.165, 1.54) is 20.0 Å².